The summed E-state index contributed by atoms with van der Waals surface area (Å²) in [5.41, 5.74) is 1.05. The van der Waals surface area contributed by atoms with Gasteiger partial charge < -0.3 is 9.47 Å². The van der Waals surface area contributed by atoms with Crippen LogP contribution in [0.25, 0.3) is 0 Å². The SMILES string of the molecule is CCOC(=O)NC(=O)COC(=O)CCc1ccsc1. The van der Waals surface area contributed by atoms with Gasteiger partial charge in [0, 0.05) is 6.42 Å². The van der Waals surface area contributed by atoms with Crippen molar-refractivity contribution >= 4 is 29.3 Å². The van der Waals surface area contributed by atoms with Gasteiger partial charge in [-0.15, -0.1) is 0 Å². The second-order valence-electron chi connectivity index (χ2n) is 3.56. The lowest BCUT2D eigenvalue weighted by Crippen LogP contribution is -2.34. The lowest BCUT2D eigenvalue weighted by atomic mass is 10.2. The summed E-state index contributed by atoms with van der Waals surface area (Å²) in [7, 11) is 0. The van der Waals surface area contributed by atoms with Crippen LogP contribution in [-0.4, -0.2) is 31.2 Å². The topological polar surface area (TPSA) is 81.7 Å². The zero-order valence-electron chi connectivity index (χ0n) is 10.5. The lowest BCUT2D eigenvalue weighted by molar-refractivity contribution is -0.148. The van der Waals surface area contributed by atoms with E-state index in [4.69, 9.17) is 4.74 Å². The van der Waals surface area contributed by atoms with Gasteiger partial charge in [0.05, 0.1) is 6.61 Å². The second kappa shape index (κ2) is 8.25. The van der Waals surface area contributed by atoms with Gasteiger partial charge in [-0.3, -0.25) is 14.9 Å². The highest BCUT2D eigenvalue weighted by Crippen LogP contribution is 2.08. The van der Waals surface area contributed by atoms with Crippen LogP contribution >= 0.6 is 11.3 Å². The summed E-state index contributed by atoms with van der Waals surface area (Å²) in [4.78, 5) is 33.4. The average molecular weight is 285 g/mol. The predicted octanol–water partition coefficient (Wildman–Crippen LogP) is 1.50. The molecule has 0 fully saturated rings. The van der Waals surface area contributed by atoms with E-state index in [2.05, 4.69) is 4.74 Å². The maximum Gasteiger partial charge on any atom is 0.413 e. The van der Waals surface area contributed by atoms with Crippen LogP contribution in [0.2, 0.25) is 0 Å². The van der Waals surface area contributed by atoms with E-state index in [0.29, 0.717) is 6.42 Å². The average Bonchev–Trinajstić information content (AvgIpc) is 2.87. The van der Waals surface area contributed by atoms with Crippen LogP contribution in [0.1, 0.15) is 18.9 Å². The van der Waals surface area contributed by atoms with Gasteiger partial charge in [-0.25, -0.2) is 4.79 Å². The Hall–Kier alpha value is -1.89. The Morgan fingerprint density at radius 2 is 2.11 bits per heavy atom. The van der Waals surface area contributed by atoms with Gasteiger partial charge in [0.15, 0.2) is 6.61 Å². The summed E-state index contributed by atoms with van der Waals surface area (Å²) in [5, 5.41) is 5.80. The fourth-order valence-electron chi connectivity index (χ4n) is 1.22. The molecule has 0 spiro atoms. The molecule has 2 amide bonds. The molecular weight excluding hydrogens is 270 g/mol. The number of alkyl carbamates (subject to hydrolysis) is 1. The van der Waals surface area contributed by atoms with Crippen LogP contribution in [0, 0.1) is 0 Å². The molecule has 0 saturated carbocycles. The van der Waals surface area contributed by atoms with E-state index in [-0.39, 0.29) is 13.0 Å². The predicted molar refractivity (Wildman–Crippen MR) is 68.8 cm³/mol. The molecule has 0 aromatic carbocycles. The second-order valence-corrected chi connectivity index (χ2v) is 4.34. The van der Waals surface area contributed by atoms with E-state index >= 15 is 0 Å². The summed E-state index contributed by atoms with van der Waals surface area (Å²) in [6.07, 6.45) is -0.0764. The van der Waals surface area contributed by atoms with Crippen molar-refractivity contribution in [2.45, 2.75) is 19.8 Å². The number of imide groups is 1. The largest absolute Gasteiger partial charge is 0.456 e. The highest BCUT2D eigenvalue weighted by Gasteiger charge is 2.11. The lowest BCUT2D eigenvalue weighted by Gasteiger charge is -2.05. The minimum Gasteiger partial charge on any atom is -0.456 e. The van der Waals surface area contributed by atoms with Gasteiger partial charge in [0.1, 0.15) is 0 Å². The van der Waals surface area contributed by atoms with Gasteiger partial charge >= 0.3 is 12.1 Å². The Kier molecular flexibility index (Phi) is 6.59. The number of hydrogen-bond donors (Lipinski definition) is 1. The first-order valence-electron chi connectivity index (χ1n) is 5.75. The first kappa shape index (κ1) is 15.2. The van der Waals surface area contributed by atoms with Crippen LogP contribution in [0.3, 0.4) is 0 Å². The van der Waals surface area contributed by atoms with Gasteiger partial charge in [-0.2, -0.15) is 11.3 Å². The van der Waals surface area contributed by atoms with E-state index in [1.807, 2.05) is 22.1 Å². The molecule has 0 saturated heterocycles. The minimum atomic E-state index is -0.846. The van der Waals surface area contributed by atoms with Crippen molar-refractivity contribution in [3.63, 3.8) is 0 Å². The Bertz CT molecular complexity index is 429. The molecule has 1 heterocycles. The van der Waals surface area contributed by atoms with E-state index < -0.39 is 24.6 Å². The first-order valence-corrected chi connectivity index (χ1v) is 6.69. The summed E-state index contributed by atoms with van der Waals surface area (Å²) < 4.78 is 9.23. The summed E-state index contributed by atoms with van der Waals surface area (Å²) in [5.74, 6) is -1.19. The van der Waals surface area contributed by atoms with Gasteiger partial charge in [-0.05, 0) is 35.7 Å². The summed E-state index contributed by atoms with van der Waals surface area (Å²) >= 11 is 1.55. The van der Waals surface area contributed by atoms with Crippen molar-refractivity contribution in [3.8, 4) is 0 Å². The van der Waals surface area contributed by atoms with E-state index in [9.17, 15) is 14.4 Å². The molecule has 6 nitrogen and oxygen atoms in total. The van der Waals surface area contributed by atoms with Crippen molar-refractivity contribution in [2.75, 3.05) is 13.2 Å². The van der Waals surface area contributed by atoms with Gasteiger partial charge in [0.25, 0.3) is 5.91 Å². The summed E-state index contributed by atoms with van der Waals surface area (Å²) in [6.45, 7) is 1.30. The third-order valence-corrected chi connectivity index (χ3v) is 2.81. The Morgan fingerprint density at radius 1 is 1.32 bits per heavy atom. The van der Waals surface area contributed by atoms with Crippen LogP contribution in [0.5, 0.6) is 0 Å². The zero-order chi connectivity index (χ0) is 14.1. The van der Waals surface area contributed by atoms with Crippen LogP contribution in [0.15, 0.2) is 16.8 Å². The molecular formula is C12H15NO5S. The van der Waals surface area contributed by atoms with Crippen LogP contribution in [0.4, 0.5) is 4.79 Å². The Labute approximate surface area is 114 Å². The molecule has 0 radical (unpaired) electrons. The number of carbonyl (C=O) groups excluding carboxylic acids is 3. The summed E-state index contributed by atoms with van der Waals surface area (Å²) in [6, 6.07) is 1.92. The van der Waals surface area contributed by atoms with E-state index in [1.165, 1.54) is 0 Å². The minimum absolute atomic E-state index is 0.166. The molecule has 1 aromatic rings. The highest BCUT2D eigenvalue weighted by molar-refractivity contribution is 7.07. The van der Waals surface area contributed by atoms with Crippen molar-refractivity contribution in [1.29, 1.82) is 0 Å². The number of amides is 2. The number of thiophene rings is 1. The third-order valence-electron chi connectivity index (χ3n) is 2.08. The van der Waals surface area contributed by atoms with Crippen molar-refractivity contribution in [2.24, 2.45) is 0 Å². The normalized spacial score (nSPS) is 9.74. The maximum atomic E-state index is 11.3. The van der Waals surface area contributed by atoms with Crippen molar-refractivity contribution in [3.05, 3.63) is 22.4 Å². The molecule has 0 aliphatic heterocycles. The monoisotopic (exact) mass is 285 g/mol. The quantitative estimate of drug-likeness (QED) is 0.801. The molecule has 0 aliphatic rings. The van der Waals surface area contributed by atoms with Crippen molar-refractivity contribution < 1.29 is 23.9 Å². The number of carbonyl (C=O) groups is 3. The van der Waals surface area contributed by atoms with E-state index in [0.717, 1.165) is 5.56 Å². The number of esters is 1. The van der Waals surface area contributed by atoms with Gasteiger partial charge in [0.2, 0.25) is 0 Å². The fourth-order valence-corrected chi connectivity index (χ4v) is 1.92. The number of rotatable bonds is 6. The molecule has 0 aliphatic carbocycles. The van der Waals surface area contributed by atoms with Crippen molar-refractivity contribution in [1.82, 2.24) is 5.32 Å². The first-order chi connectivity index (χ1) is 9.11. The smallest absolute Gasteiger partial charge is 0.413 e. The molecule has 1 N–H and O–H groups in total. The zero-order valence-corrected chi connectivity index (χ0v) is 11.3. The third kappa shape index (κ3) is 6.56. The molecule has 0 unspecified atom stereocenters. The molecule has 104 valence electrons. The standard InChI is InChI=1S/C12H15NO5S/c1-2-17-12(16)13-10(14)7-18-11(15)4-3-9-5-6-19-8-9/h5-6,8H,2-4,7H2,1H3,(H,13,14,16). The van der Waals surface area contributed by atoms with E-state index in [1.54, 1.807) is 18.3 Å². The number of aryl methyl sites for hydroxylation is 1. The van der Waals surface area contributed by atoms with Crippen LogP contribution in [-0.2, 0) is 25.5 Å². The molecule has 7 heteroatoms. The number of ether oxygens (including phenoxy) is 2. The molecule has 1 rings (SSSR count). The number of hydrogen-bond acceptors (Lipinski definition) is 6. The van der Waals surface area contributed by atoms with Gasteiger partial charge in [-0.1, -0.05) is 0 Å². The molecule has 1 aromatic heterocycles. The molecule has 0 bridgehead atoms. The Morgan fingerprint density at radius 3 is 2.74 bits per heavy atom. The Balaban J connectivity index is 2.15. The molecule has 19 heavy (non-hydrogen) atoms. The number of nitrogens with one attached hydrogen (secondary N) is 1. The fraction of sp³-hybridized carbons (Fsp3) is 0.417. The maximum absolute atomic E-state index is 11.3. The molecule has 0 atom stereocenters. The highest BCUT2D eigenvalue weighted by atomic mass is 32.1. The van der Waals surface area contributed by atoms with Crippen LogP contribution < -0.4 is 5.32 Å².